The molecule has 1 aliphatic heterocycles. The Hall–Kier alpha value is -2.96. The molecule has 1 amide bonds. The summed E-state index contributed by atoms with van der Waals surface area (Å²) in [5, 5.41) is 4.44. The van der Waals surface area contributed by atoms with Gasteiger partial charge in [0.05, 0.1) is 11.9 Å². The fourth-order valence-corrected chi connectivity index (χ4v) is 3.36. The predicted octanol–water partition coefficient (Wildman–Crippen LogP) is 1.82. The maximum absolute atomic E-state index is 12.3. The van der Waals surface area contributed by atoms with E-state index in [9.17, 15) is 4.79 Å². The summed E-state index contributed by atoms with van der Waals surface area (Å²) in [6.45, 7) is 1.84. The van der Waals surface area contributed by atoms with Crippen LogP contribution >= 0.6 is 0 Å². The number of pyridine rings is 1. The lowest BCUT2D eigenvalue weighted by molar-refractivity contribution is 0.0829. The number of carbonyl (C=O) groups is 1. The molecule has 7 nitrogen and oxygen atoms in total. The lowest BCUT2D eigenvalue weighted by atomic mass is 10.0. The summed E-state index contributed by atoms with van der Waals surface area (Å²) >= 11 is 0. The lowest BCUT2D eigenvalue weighted by Gasteiger charge is -2.17. The second-order valence-corrected chi connectivity index (χ2v) is 6.48. The number of anilines is 1. The van der Waals surface area contributed by atoms with E-state index >= 15 is 0 Å². The normalized spacial score (nSPS) is 17.2. The topological polar surface area (TPSA) is 66.6 Å². The van der Waals surface area contributed by atoms with Gasteiger partial charge in [0.2, 0.25) is 0 Å². The minimum absolute atomic E-state index is 0.0822. The molecule has 3 aromatic heterocycles. The molecule has 0 saturated carbocycles. The predicted molar refractivity (Wildman–Crippen MR) is 94.8 cm³/mol. The summed E-state index contributed by atoms with van der Waals surface area (Å²) in [5.74, 6) is 1.25. The van der Waals surface area contributed by atoms with Crippen molar-refractivity contribution in [1.82, 2.24) is 24.5 Å². The van der Waals surface area contributed by atoms with Gasteiger partial charge < -0.3 is 9.80 Å². The van der Waals surface area contributed by atoms with Crippen LogP contribution in [0.4, 0.5) is 5.82 Å². The first-order valence-electron chi connectivity index (χ1n) is 8.35. The molecule has 1 aliphatic rings. The Labute approximate surface area is 145 Å². The van der Waals surface area contributed by atoms with Crippen molar-refractivity contribution in [3.63, 3.8) is 0 Å². The van der Waals surface area contributed by atoms with Crippen LogP contribution in [0.2, 0.25) is 0 Å². The summed E-state index contributed by atoms with van der Waals surface area (Å²) in [6.07, 6.45) is 6.22. The Bertz CT molecular complexity index is 904. The molecule has 0 unspecified atom stereocenters. The highest BCUT2D eigenvalue weighted by Gasteiger charge is 2.28. The molecular formula is C18H20N6O. The number of hydrogen-bond acceptors (Lipinski definition) is 5. The highest BCUT2D eigenvalue weighted by Crippen LogP contribution is 2.30. The van der Waals surface area contributed by atoms with Crippen LogP contribution in [0.5, 0.6) is 0 Å². The largest absolute Gasteiger partial charge is 0.356 e. The standard InChI is InChI=1S/C18H20N6O/c1-22(2)18(25)14-11-21-24-15(6-9-20-17(14)24)13-7-10-23(12-13)16-5-3-4-8-19-16/h3-6,8-9,11,13H,7,10,12H2,1-2H3/t13-/m1/s1. The third-order valence-corrected chi connectivity index (χ3v) is 4.65. The summed E-state index contributed by atoms with van der Waals surface area (Å²) in [4.78, 5) is 25.0. The van der Waals surface area contributed by atoms with Gasteiger partial charge >= 0.3 is 0 Å². The highest BCUT2D eigenvalue weighted by molar-refractivity contribution is 5.99. The van der Waals surface area contributed by atoms with Gasteiger partial charge in [-0.05, 0) is 24.6 Å². The molecule has 4 heterocycles. The van der Waals surface area contributed by atoms with Gasteiger partial charge in [0.15, 0.2) is 5.65 Å². The first kappa shape index (κ1) is 15.6. The number of rotatable bonds is 3. The zero-order chi connectivity index (χ0) is 17.4. The minimum Gasteiger partial charge on any atom is -0.356 e. The molecule has 0 radical (unpaired) electrons. The molecule has 0 N–H and O–H groups in total. The van der Waals surface area contributed by atoms with E-state index in [0.717, 1.165) is 31.0 Å². The first-order valence-corrected chi connectivity index (χ1v) is 8.35. The van der Waals surface area contributed by atoms with Gasteiger partial charge in [0.25, 0.3) is 5.91 Å². The van der Waals surface area contributed by atoms with Crippen molar-refractivity contribution in [3.05, 3.63) is 54.1 Å². The highest BCUT2D eigenvalue weighted by atomic mass is 16.2. The molecule has 4 rings (SSSR count). The first-order chi connectivity index (χ1) is 12.1. The molecule has 0 bridgehead atoms. The van der Waals surface area contributed by atoms with E-state index in [1.54, 1.807) is 31.4 Å². The van der Waals surface area contributed by atoms with E-state index in [4.69, 9.17) is 0 Å². The molecule has 3 aromatic rings. The SMILES string of the molecule is CN(C)C(=O)c1cnn2c([C@@H]3CCN(c4ccccn4)C3)ccnc12. The fraction of sp³-hybridized carbons (Fsp3) is 0.333. The number of amides is 1. The second-order valence-electron chi connectivity index (χ2n) is 6.48. The van der Waals surface area contributed by atoms with Gasteiger partial charge in [-0.1, -0.05) is 6.07 Å². The number of fused-ring (bicyclic) bond motifs is 1. The van der Waals surface area contributed by atoms with Crippen molar-refractivity contribution in [3.8, 4) is 0 Å². The minimum atomic E-state index is -0.0822. The van der Waals surface area contributed by atoms with Crippen molar-refractivity contribution < 1.29 is 4.79 Å². The average molecular weight is 336 g/mol. The van der Waals surface area contributed by atoms with Crippen LogP contribution in [-0.2, 0) is 0 Å². The van der Waals surface area contributed by atoms with Crippen LogP contribution in [0.15, 0.2) is 42.9 Å². The Morgan fingerprint density at radius 1 is 1.20 bits per heavy atom. The number of carbonyl (C=O) groups excluding carboxylic acids is 1. The monoisotopic (exact) mass is 336 g/mol. The Balaban J connectivity index is 1.65. The molecule has 1 fully saturated rings. The average Bonchev–Trinajstić information content (AvgIpc) is 3.29. The van der Waals surface area contributed by atoms with E-state index < -0.39 is 0 Å². The molecule has 0 aromatic carbocycles. The Kier molecular flexibility index (Phi) is 3.83. The number of nitrogens with zero attached hydrogens (tertiary/aromatic N) is 6. The third kappa shape index (κ3) is 2.71. The second kappa shape index (κ2) is 6.16. The van der Waals surface area contributed by atoms with Crippen LogP contribution in [0, 0.1) is 0 Å². The van der Waals surface area contributed by atoms with E-state index in [-0.39, 0.29) is 5.91 Å². The molecule has 0 spiro atoms. The Morgan fingerprint density at radius 2 is 2.08 bits per heavy atom. The van der Waals surface area contributed by atoms with Crippen LogP contribution in [0.25, 0.3) is 5.65 Å². The van der Waals surface area contributed by atoms with Crippen molar-refractivity contribution in [2.75, 3.05) is 32.1 Å². The van der Waals surface area contributed by atoms with Crippen LogP contribution < -0.4 is 4.90 Å². The molecule has 128 valence electrons. The van der Waals surface area contributed by atoms with Gasteiger partial charge in [0.1, 0.15) is 11.4 Å². The van der Waals surface area contributed by atoms with E-state index in [1.807, 2.05) is 35.0 Å². The maximum Gasteiger partial charge on any atom is 0.258 e. The molecule has 1 saturated heterocycles. The Morgan fingerprint density at radius 3 is 2.84 bits per heavy atom. The zero-order valence-corrected chi connectivity index (χ0v) is 14.3. The summed E-state index contributed by atoms with van der Waals surface area (Å²) in [7, 11) is 3.47. The van der Waals surface area contributed by atoms with Gasteiger partial charge in [-0.2, -0.15) is 5.10 Å². The van der Waals surface area contributed by atoms with Crippen molar-refractivity contribution in [1.29, 1.82) is 0 Å². The molecule has 1 atom stereocenters. The van der Waals surface area contributed by atoms with Crippen LogP contribution in [0.1, 0.15) is 28.4 Å². The van der Waals surface area contributed by atoms with Crippen molar-refractivity contribution >= 4 is 17.4 Å². The molecule has 7 heteroatoms. The van der Waals surface area contributed by atoms with E-state index in [1.165, 1.54) is 0 Å². The van der Waals surface area contributed by atoms with Crippen LogP contribution in [-0.4, -0.2) is 57.6 Å². The molecule has 25 heavy (non-hydrogen) atoms. The molecular weight excluding hydrogens is 316 g/mol. The van der Waals surface area contributed by atoms with Crippen molar-refractivity contribution in [2.24, 2.45) is 0 Å². The quantitative estimate of drug-likeness (QED) is 0.730. The van der Waals surface area contributed by atoms with Gasteiger partial charge in [0, 0.05) is 45.5 Å². The van der Waals surface area contributed by atoms with Crippen LogP contribution in [0.3, 0.4) is 0 Å². The molecule has 0 aliphatic carbocycles. The number of hydrogen-bond donors (Lipinski definition) is 0. The fourth-order valence-electron chi connectivity index (χ4n) is 3.36. The summed E-state index contributed by atoms with van der Waals surface area (Å²) in [5.41, 5.74) is 2.24. The summed E-state index contributed by atoms with van der Waals surface area (Å²) < 4.78 is 1.81. The zero-order valence-electron chi connectivity index (χ0n) is 14.3. The summed E-state index contributed by atoms with van der Waals surface area (Å²) in [6, 6.07) is 7.96. The van der Waals surface area contributed by atoms with Crippen molar-refractivity contribution in [2.45, 2.75) is 12.3 Å². The lowest BCUT2D eigenvalue weighted by Crippen LogP contribution is -2.22. The third-order valence-electron chi connectivity index (χ3n) is 4.65. The van der Waals surface area contributed by atoms with Gasteiger partial charge in [-0.3, -0.25) is 4.79 Å². The maximum atomic E-state index is 12.3. The van der Waals surface area contributed by atoms with E-state index in [0.29, 0.717) is 17.1 Å². The van der Waals surface area contributed by atoms with Gasteiger partial charge in [-0.15, -0.1) is 0 Å². The smallest absolute Gasteiger partial charge is 0.258 e. The van der Waals surface area contributed by atoms with Gasteiger partial charge in [-0.25, -0.2) is 14.5 Å². The van der Waals surface area contributed by atoms with E-state index in [2.05, 4.69) is 20.0 Å². The number of aromatic nitrogens is 4.